The van der Waals surface area contributed by atoms with E-state index in [0.717, 1.165) is 5.56 Å². The smallest absolute Gasteiger partial charge is 0.331 e. The highest BCUT2D eigenvalue weighted by Gasteiger charge is 2.17. The number of benzene rings is 2. The second kappa shape index (κ2) is 9.14. The molecule has 0 bridgehead atoms. The van der Waals surface area contributed by atoms with Gasteiger partial charge in [0, 0.05) is 23.9 Å². The summed E-state index contributed by atoms with van der Waals surface area (Å²) in [6.45, 7) is 1.41. The second-order valence-electron chi connectivity index (χ2n) is 5.48. The van der Waals surface area contributed by atoms with E-state index < -0.39 is 22.9 Å². The molecule has 8 nitrogen and oxygen atoms in total. The molecule has 0 saturated heterocycles. The molecule has 2 aromatic carbocycles. The third-order valence-electron chi connectivity index (χ3n) is 3.51. The van der Waals surface area contributed by atoms with Gasteiger partial charge in [-0.2, -0.15) is 0 Å². The molecule has 0 aliphatic carbocycles. The van der Waals surface area contributed by atoms with Gasteiger partial charge in [0.2, 0.25) is 0 Å². The Morgan fingerprint density at radius 3 is 2.52 bits per heavy atom. The van der Waals surface area contributed by atoms with E-state index in [1.165, 1.54) is 37.3 Å². The Labute approximate surface area is 155 Å². The first kappa shape index (κ1) is 19.6. The van der Waals surface area contributed by atoms with Crippen molar-refractivity contribution in [1.82, 2.24) is 0 Å². The lowest BCUT2D eigenvalue weighted by molar-refractivity contribution is -0.384. The van der Waals surface area contributed by atoms with Gasteiger partial charge in [-0.15, -0.1) is 0 Å². The van der Waals surface area contributed by atoms with Gasteiger partial charge in [0.05, 0.1) is 12.0 Å². The summed E-state index contributed by atoms with van der Waals surface area (Å²) in [6.07, 6.45) is 1.68. The van der Waals surface area contributed by atoms with Gasteiger partial charge in [-0.1, -0.05) is 18.2 Å². The van der Waals surface area contributed by atoms with Crippen molar-refractivity contribution in [3.8, 4) is 5.75 Å². The number of hydrogen-bond acceptors (Lipinski definition) is 6. The minimum Gasteiger partial charge on any atom is -0.497 e. The molecule has 0 aromatic heterocycles. The highest BCUT2D eigenvalue weighted by molar-refractivity contribution is 5.96. The molecule has 0 heterocycles. The molecule has 0 aliphatic rings. The van der Waals surface area contributed by atoms with Crippen molar-refractivity contribution in [1.29, 1.82) is 0 Å². The van der Waals surface area contributed by atoms with Gasteiger partial charge < -0.3 is 14.8 Å². The lowest BCUT2D eigenvalue weighted by Gasteiger charge is -2.12. The van der Waals surface area contributed by atoms with Crippen molar-refractivity contribution < 1.29 is 24.0 Å². The maximum absolute atomic E-state index is 12.1. The van der Waals surface area contributed by atoms with Crippen LogP contribution in [0.2, 0.25) is 0 Å². The van der Waals surface area contributed by atoms with E-state index >= 15 is 0 Å². The number of methoxy groups -OCH3 is 1. The average Bonchev–Trinajstić information content (AvgIpc) is 2.66. The lowest BCUT2D eigenvalue weighted by Crippen LogP contribution is -2.29. The molecule has 1 amide bonds. The van der Waals surface area contributed by atoms with Crippen LogP contribution in [0.3, 0.4) is 0 Å². The maximum Gasteiger partial charge on any atom is 0.331 e. The number of ether oxygens (including phenoxy) is 2. The number of nitro benzene ring substituents is 1. The first-order chi connectivity index (χ1) is 12.9. The van der Waals surface area contributed by atoms with Crippen molar-refractivity contribution in [2.24, 2.45) is 0 Å². The largest absolute Gasteiger partial charge is 0.497 e. The van der Waals surface area contributed by atoms with Gasteiger partial charge >= 0.3 is 5.97 Å². The van der Waals surface area contributed by atoms with Gasteiger partial charge in [0.25, 0.3) is 11.6 Å². The van der Waals surface area contributed by atoms with E-state index in [-0.39, 0.29) is 11.4 Å². The van der Waals surface area contributed by atoms with Crippen molar-refractivity contribution >= 4 is 29.3 Å². The molecule has 2 aromatic rings. The van der Waals surface area contributed by atoms with Crippen molar-refractivity contribution in [3.63, 3.8) is 0 Å². The molecule has 0 aliphatic heterocycles. The number of anilines is 1. The second-order valence-corrected chi connectivity index (χ2v) is 5.48. The molecule has 8 heteroatoms. The Bertz CT molecular complexity index is 861. The fourth-order valence-electron chi connectivity index (χ4n) is 2.09. The molecule has 0 saturated carbocycles. The molecular formula is C19H18N2O6. The highest BCUT2D eigenvalue weighted by Crippen LogP contribution is 2.17. The van der Waals surface area contributed by atoms with E-state index in [0.29, 0.717) is 5.75 Å². The molecule has 0 radical (unpaired) electrons. The summed E-state index contributed by atoms with van der Waals surface area (Å²) in [7, 11) is 1.56. The summed E-state index contributed by atoms with van der Waals surface area (Å²) in [4.78, 5) is 34.1. The van der Waals surface area contributed by atoms with Crippen LogP contribution in [0.25, 0.3) is 6.08 Å². The zero-order valence-electron chi connectivity index (χ0n) is 14.7. The zero-order valence-corrected chi connectivity index (χ0v) is 14.7. The van der Waals surface area contributed by atoms with E-state index in [1.807, 2.05) is 0 Å². The van der Waals surface area contributed by atoms with Crippen LogP contribution in [-0.2, 0) is 14.3 Å². The normalized spacial score (nSPS) is 11.6. The molecule has 27 heavy (non-hydrogen) atoms. The summed E-state index contributed by atoms with van der Waals surface area (Å²) in [5.41, 5.74) is 0.854. The molecule has 0 spiro atoms. The van der Waals surface area contributed by atoms with Gasteiger partial charge in [-0.05, 0) is 36.8 Å². The van der Waals surface area contributed by atoms with Crippen molar-refractivity contribution in [2.75, 3.05) is 12.4 Å². The maximum atomic E-state index is 12.1. The molecule has 1 atom stereocenters. The number of non-ortho nitro benzene ring substituents is 1. The minimum atomic E-state index is -1.07. The molecule has 2 rings (SSSR count). The Hall–Kier alpha value is -3.68. The summed E-state index contributed by atoms with van der Waals surface area (Å²) in [5.74, 6) is -0.588. The van der Waals surface area contributed by atoms with Crippen LogP contribution in [0.4, 0.5) is 11.4 Å². The summed E-state index contributed by atoms with van der Waals surface area (Å²) < 4.78 is 10.1. The Morgan fingerprint density at radius 1 is 1.19 bits per heavy atom. The monoisotopic (exact) mass is 370 g/mol. The predicted octanol–water partition coefficient (Wildman–Crippen LogP) is 3.19. The van der Waals surface area contributed by atoms with Gasteiger partial charge in [0.15, 0.2) is 6.10 Å². The number of nitro groups is 1. The zero-order chi connectivity index (χ0) is 19.8. The van der Waals surface area contributed by atoms with E-state index in [1.54, 1.807) is 37.5 Å². The Morgan fingerprint density at radius 2 is 1.89 bits per heavy atom. The Kier molecular flexibility index (Phi) is 6.65. The first-order valence-corrected chi connectivity index (χ1v) is 7.97. The number of nitrogens with zero attached hydrogens (tertiary/aromatic N) is 1. The number of carbonyl (C=O) groups is 2. The van der Waals surface area contributed by atoms with Gasteiger partial charge in [-0.3, -0.25) is 14.9 Å². The first-order valence-electron chi connectivity index (χ1n) is 7.97. The van der Waals surface area contributed by atoms with Crippen LogP contribution in [0.1, 0.15) is 12.5 Å². The summed E-state index contributed by atoms with van der Waals surface area (Å²) in [6, 6.07) is 12.5. The summed E-state index contributed by atoms with van der Waals surface area (Å²) >= 11 is 0. The number of hydrogen-bond donors (Lipinski definition) is 1. The van der Waals surface area contributed by atoms with Gasteiger partial charge in [0.1, 0.15) is 5.75 Å². The van der Waals surface area contributed by atoms with Crippen LogP contribution in [0.15, 0.2) is 54.6 Å². The number of esters is 1. The standard InChI is InChI=1S/C19H18N2O6/c1-13(19(23)20-15-4-3-5-16(12-15)21(24)25)27-18(22)11-8-14-6-9-17(26-2)10-7-14/h3-13H,1-2H3,(H,20,23)/b11-8+/t13-/m1/s1. The fourth-order valence-corrected chi connectivity index (χ4v) is 2.09. The predicted molar refractivity (Wildman–Crippen MR) is 99.3 cm³/mol. The highest BCUT2D eigenvalue weighted by atomic mass is 16.6. The van der Waals surface area contributed by atoms with Crippen LogP contribution in [0, 0.1) is 10.1 Å². The van der Waals surface area contributed by atoms with E-state index in [2.05, 4.69) is 5.32 Å². The van der Waals surface area contributed by atoms with Crippen molar-refractivity contribution in [3.05, 3.63) is 70.3 Å². The van der Waals surface area contributed by atoms with Crippen LogP contribution >= 0.6 is 0 Å². The quantitative estimate of drug-likeness (QED) is 0.347. The van der Waals surface area contributed by atoms with Crippen LogP contribution < -0.4 is 10.1 Å². The van der Waals surface area contributed by atoms with E-state index in [9.17, 15) is 19.7 Å². The number of amides is 1. The average molecular weight is 370 g/mol. The van der Waals surface area contributed by atoms with E-state index in [4.69, 9.17) is 9.47 Å². The SMILES string of the molecule is COc1ccc(/C=C/C(=O)O[C@H](C)C(=O)Nc2cccc([N+](=O)[O-])c2)cc1. The molecular weight excluding hydrogens is 352 g/mol. The number of nitrogens with one attached hydrogen (secondary N) is 1. The summed E-state index contributed by atoms with van der Waals surface area (Å²) in [5, 5.41) is 13.2. The molecule has 0 unspecified atom stereocenters. The number of rotatable bonds is 7. The molecule has 1 N–H and O–H groups in total. The van der Waals surface area contributed by atoms with Crippen LogP contribution in [-0.4, -0.2) is 30.0 Å². The number of carbonyl (C=O) groups excluding carboxylic acids is 2. The van der Waals surface area contributed by atoms with Gasteiger partial charge in [-0.25, -0.2) is 4.79 Å². The molecule has 140 valence electrons. The fraction of sp³-hybridized carbons (Fsp3) is 0.158. The third-order valence-corrected chi connectivity index (χ3v) is 3.51. The topological polar surface area (TPSA) is 108 Å². The Balaban J connectivity index is 1.91. The third kappa shape index (κ3) is 5.96. The minimum absolute atomic E-state index is 0.153. The molecule has 0 fully saturated rings. The van der Waals surface area contributed by atoms with Crippen LogP contribution in [0.5, 0.6) is 5.75 Å². The lowest BCUT2D eigenvalue weighted by atomic mass is 10.2. The van der Waals surface area contributed by atoms with Crippen molar-refractivity contribution in [2.45, 2.75) is 13.0 Å².